The van der Waals surface area contributed by atoms with Crippen LogP contribution in [0, 0.1) is 6.92 Å². The summed E-state index contributed by atoms with van der Waals surface area (Å²) in [5.74, 6) is -2.53. The van der Waals surface area contributed by atoms with Crippen LogP contribution < -0.4 is 4.74 Å². The number of ether oxygens (including phenoxy) is 1. The van der Waals surface area contributed by atoms with Gasteiger partial charge in [0.15, 0.2) is 0 Å². The number of rotatable bonds is 3. The minimum Gasteiger partial charge on any atom is -0.495 e. The average Bonchev–Trinajstić information content (AvgIpc) is 2.15. The van der Waals surface area contributed by atoms with Crippen LogP contribution in [0.4, 0.5) is 0 Å². The topological polar surface area (TPSA) is 83.8 Å². The predicted octanol–water partition coefficient (Wildman–Crippen LogP) is 1.40. The van der Waals surface area contributed by atoms with Crippen LogP contribution in [-0.4, -0.2) is 29.3 Å². The third kappa shape index (κ3) is 1.90. The van der Waals surface area contributed by atoms with Crippen molar-refractivity contribution < 1.29 is 24.5 Å². The molecule has 0 saturated carbocycles. The van der Waals surface area contributed by atoms with Crippen LogP contribution in [0.15, 0.2) is 12.1 Å². The second-order valence-electron chi connectivity index (χ2n) is 2.95. The average molecular weight is 210 g/mol. The van der Waals surface area contributed by atoms with E-state index in [0.29, 0.717) is 5.56 Å². The largest absolute Gasteiger partial charge is 0.495 e. The first-order chi connectivity index (χ1) is 6.99. The first kappa shape index (κ1) is 11.0. The molecule has 0 aliphatic heterocycles. The molecule has 2 N–H and O–H groups in total. The van der Waals surface area contributed by atoms with Gasteiger partial charge in [-0.05, 0) is 18.6 Å². The lowest BCUT2D eigenvalue weighted by molar-refractivity contribution is 0.0690. The number of aryl methyl sites for hydroxylation is 1. The molecular weight excluding hydrogens is 200 g/mol. The Morgan fingerprint density at radius 1 is 1.20 bits per heavy atom. The van der Waals surface area contributed by atoms with Gasteiger partial charge >= 0.3 is 11.9 Å². The van der Waals surface area contributed by atoms with Gasteiger partial charge in [0, 0.05) is 0 Å². The molecule has 0 fully saturated rings. The highest BCUT2D eigenvalue weighted by Crippen LogP contribution is 2.26. The summed E-state index contributed by atoms with van der Waals surface area (Å²) in [5, 5.41) is 17.7. The van der Waals surface area contributed by atoms with Gasteiger partial charge in [-0.2, -0.15) is 0 Å². The molecule has 80 valence electrons. The highest BCUT2D eigenvalue weighted by Gasteiger charge is 2.21. The number of benzene rings is 1. The Labute approximate surface area is 85.9 Å². The lowest BCUT2D eigenvalue weighted by atomic mass is 10.0. The van der Waals surface area contributed by atoms with E-state index in [0.717, 1.165) is 0 Å². The molecule has 1 rings (SSSR count). The summed E-state index contributed by atoms with van der Waals surface area (Å²) < 4.78 is 4.82. The minimum absolute atomic E-state index is 0.114. The van der Waals surface area contributed by atoms with Crippen molar-refractivity contribution in [3.05, 3.63) is 28.8 Å². The Kier molecular flexibility index (Phi) is 2.94. The Bertz CT molecular complexity index is 422. The van der Waals surface area contributed by atoms with Gasteiger partial charge in [-0.1, -0.05) is 6.07 Å². The fourth-order valence-corrected chi connectivity index (χ4v) is 1.33. The van der Waals surface area contributed by atoms with Gasteiger partial charge in [0.2, 0.25) is 0 Å². The molecule has 0 unspecified atom stereocenters. The summed E-state index contributed by atoms with van der Waals surface area (Å²) in [5.41, 5.74) is 0.197. The Balaban J connectivity index is 3.54. The molecule has 0 spiro atoms. The molecule has 0 radical (unpaired) electrons. The maximum absolute atomic E-state index is 10.9. The number of carboxylic acids is 2. The van der Waals surface area contributed by atoms with Gasteiger partial charge < -0.3 is 14.9 Å². The van der Waals surface area contributed by atoms with E-state index in [4.69, 9.17) is 14.9 Å². The summed E-state index contributed by atoms with van der Waals surface area (Å²) in [7, 11) is 1.24. The van der Waals surface area contributed by atoms with Crippen molar-refractivity contribution in [2.75, 3.05) is 7.11 Å². The minimum atomic E-state index is -1.21. The van der Waals surface area contributed by atoms with E-state index in [2.05, 4.69) is 0 Å². The molecule has 0 aliphatic rings. The van der Waals surface area contributed by atoms with Crippen LogP contribution in [0.25, 0.3) is 0 Å². The molecule has 0 bridgehead atoms. The zero-order valence-corrected chi connectivity index (χ0v) is 8.27. The number of aromatic carboxylic acids is 2. The highest BCUT2D eigenvalue weighted by atomic mass is 16.5. The molecular formula is C10H10O5. The van der Waals surface area contributed by atoms with Crippen molar-refractivity contribution in [1.29, 1.82) is 0 Å². The van der Waals surface area contributed by atoms with Crippen molar-refractivity contribution >= 4 is 11.9 Å². The van der Waals surface area contributed by atoms with Crippen LogP contribution in [0.3, 0.4) is 0 Å². The van der Waals surface area contributed by atoms with E-state index in [1.54, 1.807) is 6.92 Å². The Hall–Kier alpha value is -2.04. The molecule has 5 heteroatoms. The molecule has 15 heavy (non-hydrogen) atoms. The number of carboxylic acid groups (broad SMARTS) is 2. The van der Waals surface area contributed by atoms with Crippen molar-refractivity contribution in [1.82, 2.24) is 0 Å². The SMILES string of the molecule is COc1c(C(=O)O)ccc(C)c1C(=O)O. The summed E-state index contributed by atoms with van der Waals surface area (Å²) in [4.78, 5) is 21.7. The molecule has 0 aliphatic carbocycles. The van der Waals surface area contributed by atoms with Crippen LogP contribution in [0.5, 0.6) is 5.75 Å². The van der Waals surface area contributed by atoms with E-state index in [9.17, 15) is 9.59 Å². The van der Waals surface area contributed by atoms with Crippen molar-refractivity contribution in [2.24, 2.45) is 0 Å². The molecule has 0 saturated heterocycles. The maximum Gasteiger partial charge on any atom is 0.339 e. The first-order valence-electron chi connectivity index (χ1n) is 4.13. The number of carbonyl (C=O) groups is 2. The Morgan fingerprint density at radius 2 is 1.80 bits per heavy atom. The van der Waals surface area contributed by atoms with Gasteiger partial charge in [-0.25, -0.2) is 9.59 Å². The maximum atomic E-state index is 10.9. The molecule has 0 aromatic heterocycles. The second-order valence-corrected chi connectivity index (χ2v) is 2.95. The third-order valence-electron chi connectivity index (χ3n) is 2.01. The van der Waals surface area contributed by atoms with E-state index >= 15 is 0 Å². The van der Waals surface area contributed by atoms with Gasteiger partial charge in [-0.15, -0.1) is 0 Å². The normalized spacial score (nSPS) is 9.73. The molecule has 1 aromatic rings. The van der Waals surface area contributed by atoms with Crippen LogP contribution in [0.1, 0.15) is 26.3 Å². The monoisotopic (exact) mass is 210 g/mol. The van der Waals surface area contributed by atoms with Crippen molar-refractivity contribution in [2.45, 2.75) is 6.92 Å². The number of methoxy groups -OCH3 is 1. The standard InChI is InChI=1S/C10H10O5/c1-5-3-4-6(9(11)12)8(15-2)7(5)10(13)14/h3-4H,1-2H3,(H,11,12)(H,13,14). The van der Waals surface area contributed by atoms with Gasteiger partial charge in [-0.3, -0.25) is 0 Å². The van der Waals surface area contributed by atoms with E-state index in [1.807, 2.05) is 0 Å². The smallest absolute Gasteiger partial charge is 0.339 e. The van der Waals surface area contributed by atoms with E-state index in [-0.39, 0.29) is 16.9 Å². The van der Waals surface area contributed by atoms with Gasteiger partial charge in [0.05, 0.1) is 7.11 Å². The van der Waals surface area contributed by atoms with Crippen LogP contribution in [-0.2, 0) is 0 Å². The van der Waals surface area contributed by atoms with Crippen molar-refractivity contribution in [3.63, 3.8) is 0 Å². The lowest BCUT2D eigenvalue weighted by Gasteiger charge is -2.10. The zero-order chi connectivity index (χ0) is 11.6. The number of hydrogen-bond acceptors (Lipinski definition) is 3. The fraction of sp³-hybridized carbons (Fsp3) is 0.200. The van der Waals surface area contributed by atoms with Crippen molar-refractivity contribution in [3.8, 4) is 5.75 Å². The second kappa shape index (κ2) is 4.00. The third-order valence-corrected chi connectivity index (χ3v) is 2.01. The quantitative estimate of drug-likeness (QED) is 0.787. The van der Waals surface area contributed by atoms with Crippen LogP contribution >= 0.6 is 0 Å². The predicted molar refractivity (Wildman–Crippen MR) is 51.6 cm³/mol. The highest BCUT2D eigenvalue weighted by molar-refractivity contribution is 5.99. The van der Waals surface area contributed by atoms with Gasteiger partial charge in [0.1, 0.15) is 16.9 Å². The van der Waals surface area contributed by atoms with Gasteiger partial charge in [0.25, 0.3) is 0 Å². The molecule has 1 aromatic carbocycles. The molecule has 0 atom stereocenters. The first-order valence-corrected chi connectivity index (χ1v) is 4.13. The summed E-state index contributed by atoms with van der Waals surface area (Å²) >= 11 is 0. The Morgan fingerprint density at radius 3 is 2.20 bits per heavy atom. The molecule has 0 amide bonds. The van der Waals surface area contributed by atoms with E-state index in [1.165, 1.54) is 19.2 Å². The molecule has 0 heterocycles. The summed E-state index contributed by atoms with van der Waals surface area (Å²) in [6.07, 6.45) is 0. The fourth-order valence-electron chi connectivity index (χ4n) is 1.33. The molecule has 5 nitrogen and oxygen atoms in total. The van der Waals surface area contributed by atoms with Crippen LogP contribution in [0.2, 0.25) is 0 Å². The van der Waals surface area contributed by atoms with E-state index < -0.39 is 11.9 Å². The number of hydrogen-bond donors (Lipinski definition) is 2. The zero-order valence-electron chi connectivity index (χ0n) is 8.27. The summed E-state index contributed by atoms with van der Waals surface area (Å²) in [6, 6.07) is 2.76. The summed E-state index contributed by atoms with van der Waals surface area (Å²) in [6.45, 7) is 1.58. The lowest BCUT2D eigenvalue weighted by Crippen LogP contribution is -2.09.